The Labute approximate surface area is 118 Å². The molecule has 1 atom stereocenters. The van der Waals surface area contributed by atoms with Crippen LogP contribution in [-0.2, 0) is 6.42 Å². The van der Waals surface area contributed by atoms with Crippen LogP contribution in [0.4, 0.5) is 8.78 Å². The van der Waals surface area contributed by atoms with Crippen LogP contribution in [0.3, 0.4) is 0 Å². The summed E-state index contributed by atoms with van der Waals surface area (Å²) < 4.78 is 26.3. The predicted octanol–water partition coefficient (Wildman–Crippen LogP) is 3.90. The van der Waals surface area contributed by atoms with Gasteiger partial charge in [-0.05, 0) is 48.4 Å². The Balaban J connectivity index is 2.16. The Hall–Kier alpha value is -1.74. The summed E-state index contributed by atoms with van der Waals surface area (Å²) in [5.41, 5.74) is 2.02. The normalized spacial score (nSPS) is 12.3. The first-order valence-corrected chi connectivity index (χ1v) is 6.89. The van der Waals surface area contributed by atoms with Crippen molar-refractivity contribution >= 4 is 0 Å². The SMILES string of the molecule is CCNCC(Cc1cccc(F)c1)c1ccc(F)cc1. The molecule has 2 aromatic carbocycles. The molecule has 2 rings (SSSR count). The summed E-state index contributed by atoms with van der Waals surface area (Å²) in [6.07, 6.45) is 0.733. The van der Waals surface area contributed by atoms with Crippen LogP contribution in [0.15, 0.2) is 48.5 Å². The van der Waals surface area contributed by atoms with E-state index >= 15 is 0 Å². The van der Waals surface area contributed by atoms with Gasteiger partial charge in [0.05, 0.1) is 0 Å². The molecule has 1 N–H and O–H groups in total. The maximum absolute atomic E-state index is 13.3. The molecule has 2 aromatic rings. The van der Waals surface area contributed by atoms with E-state index in [4.69, 9.17) is 0 Å². The maximum Gasteiger partial charge on any atom is 0.123 e. The van der Waals surface area contributed by atoms with Crippen LogP contribution in [0.5, 0.6) is 0 Å². The van der Waals surface area contributed by atoms with E-state index in [9.17, 15) is 8.78 Å². The van der Waals surface area contributed by atoms with Crippen LogP contribution < -0.4 is 5.32 Å². The smallest absolute Gasteiger partial charge is 0.123 e. The molecule has 20 heavy (non-hydrogen) atoms. The van der Waals surface area contributed by atoms with Gasteiger partial charge in [-0.15, -0.1) is 0 Å². The molecule has 0 spiro atoms. The molecular weight excluding hydrogens is 256 g/mol. The van der Waals surface area contributed by atoms with Gasteiger partial charge in [-0.2, -0.15) is 0 Å². The second kappa shape index (κ2) is 7.15. The zero-order valence-electron chi connectivity index (χ0n) is 11.6. The minimum absolute atomic E-state index is 0.206. The van der Waals surface area contributed by atoms with Gasteiger partial charge >= 0.3 is 0 Å². The van der Waals surface area contributed by atoms with Crippen molar-refractivity contribution in [2.75, 3.05) is 13.1 Å². The van der Waals surface area contributed by atoms with Gasteiger partial charge in [0.2, 0.25) is 0 Å². The lowest BCUT2D eigenvalue weighted by Gasteiger charge is -2.18. The number of benzene rings is 2. The van der Waals surface area contributed by atoms with E-state index in [0.29, 0.717) is 0 Å². The number of likely N-dealkylation sites (N-methyl/N-ethyl adjacent to an activating group) is 1. The molecule has 0 aromatic heterocycles. The van der Waals surface area contributed by atoms with E-state index in [1.807, 2.05) is 13.0 Å². The van der Waals surface area contributed by atoms with Crippen molar-refractivity contribution in [2.24, 2.45) is 0 Å². The lowest BCUT2D eigenvalue weighted by atomic mass is 9.92. The summed E-state index contributed by atoms with van der Waals surface area (Å²) in [6, 6.07) is 13.2. The zero-order valence-corrected chi connectivity index (χ0v) is 11.6. The molecule has 0 bridgehead atoms. The van der Waals surface area contributed by atoms with Crippen LogP contribution >= 0.6 is 0 Å². The fourth-order valence-corrected chi connectivity index (χ4v) is 2.31. The highest BCUT2D eigenvalue weighted by Crippen LogP contribution is 2.21. The molecule has 3 heteroatoms. The molecule has 0 aliphatic rings. The monoisotopic (exact) mass is 275 g/mol. The van der Waals surface area contributed by atoms with E-state index in [1.54, 1.807) is 24.3 Å². The minimum atomic E-state index is -0.235. The fourth-order valence-electron chi connectivity index (χ4n) is 2.31. The molecule has 0 heterocycles. The first kappa shape index (κ1) is 14.7. The van der Waals surface area contributed by atoms with Gasteiger partial charge in [0.25, 0.3) is 0 Å². The van der Waals surface area contributed by atoms with Crippen LogP contribution in [0.2, 0.25) is 0 Å². The van der Waals surface area contributed by atoms with Gasteiger partial charge in [-0.3, -0.25) is 0 Å². The average molecular weight is 275 g/mol. The van der Waals surface area contributed by atoms with Crippen molar-refractivity contribution in [1.29, 1.82) is 0 Å². The fraction of sp³-hybridized carbons (Fsp3) is 0.294. The van der Waals surface area contributed by atoms with Gasteiger partial charge < -0.3 is 5.32 Å². The lowest BCUT2D eigenvalue weighted by molar-refractivity contribution is 0.584. The Morgan fingerprint density at radius 3 is 2.40 bits per heavy atom. The molecule has 1 nitrogen and oxygen atoms in total. The van der Waals surface area contributed by atoms with Gasteiger partial charge in [0, 0.05) is 12.5 Å². The van der Waals surface area contributed by atoms with Crippen molar-refractivity contribution < 1.29 is 8.78 Å². The van der Waals surface area contributed by atoms with Crippen LogP contribution in [-0.4, -0.2) is 13.1 Å². The Morgan fingerprint density at radius 1 is 1.00 bits per heavy atom. The summed E-state index contributed by atoms with van der Waals surface area (Å²) in [6.45, 7) is 3.71. The topological polar surface area (TPSA) is 12.0 Å². The van der Waals surface area contributed by atoms with Crippen LogP contribution in [0.25, 0.3) is 0 Å². The highest BCUT2D eigenvalue weighted by atomic mass is 19.1. The van der Waals surface area contributed by atoms with Crippen LogP contribution in [0.1, 0.15) is 24.0 Å². The number of nitrogens with one attached hydrogen (secondary N) is 1. The van der Waals surface area contributed by atoms with E-state index in [-0.39, 0.29) is 17.6 Å². The molecule has 0 amide bonds. The number of hydrogen-bond acceptors (Lipinski definition) is 1. The zero-order chi connectivity index (χ0) is 14.4. The second-order valence-electron chi connectivity index (χ2n) is 4.89. The molecule has 1 unspecified atom stereocenters. The summed E-state index contributed by atoms with van der Waals surface area (Å²) in [5, 5.41) is 3.31. The van der Waals surface area contributed by atoms with Crippen molar-refractivity contribution in [2.45, 2.75) is 19.3 Å². The molecule has 0 fully saturated rings. The summed E-state index contributed by atoms with van der Waals surface area (Å²) >= 11 is 0. The van der Waals surface area contributed by atoms with Crippen LogP contribution in [0, 0.1) is 11.6 Å². The standard InChI is InChI=1S/C17H19F2N/c1-2-20-12-15(14-6-8-16(18)9-7-14)10-13-4-3-5-17(19)11-13/h3-9,11,15,20H,2,10,12H2,1H3. The molecule has 0 aliphatic heterocycles. The Morgan fingerprint density at radius 2 is 1.75 bits per heavy atom. The van der Waals surface area contributed by atoms with Gasteiger partial charge in [-0.25, -0.2) is 8.78 Å². The lowest BCUT2D eigenvalue weighted by Crippen LogP contribution is -2.22. The van der Waals surface area contributed by atoms with Gasteiger partial charge in [0.1, 0.15) is 11.6 Å². The largest absolute Gasteiger partial charge is 0.316 e. The third-order valence-corrected chi connectivity index (χ3v) is 3.35. The average Bonchev–Trinajstić information content (AvgIpc) is 2.44. The molecule has 0 saturated carbocycles. The van der Waals surface area contributed by atoms with E-state index in [1.165, 1.54) is 18.2 Å². The van der Waals surface area contributed by atoms with Crippen molar-refractivity contribution in [3.8, 4) is 0 Å². The molecule has 0 radical (unpaired) electrons. The Bertz CT molecular complexity index is 537. The van der Waals surface area contributed by atoms with E-state index < -0.39 is 0 Å². The molecule has 0 aliphatic carbocycles. The maximum atomic E-state index is 13.3. The number of rotatable bonds is 6. The third-order valence-electron chi connectivity index (χ3n) is 3.35. The minimum Gasteiger partial charge on any atom is -0.316 e. The quantitative estimate of drug-likeness (QED) is 0.843. The van der Waals surface area contributed by atoms with E-state index in [0.717, 1.165) is 30.6 Å². The summed E-state index contributed by atoms with van der Waals surface area (Å²) in [4.78, 5) is 0. The van der Waals surface area contributed by atoms with Crippen molar-refractivity contribution in [3.05, 3.63) is 71.3 Å². The number of halogens is 2. The Kier molecular flexibility index (Phi) is 5.24. The predicted molar refractivity (Wildman–Crippen MR) is 77.8 cm³/mol. The van der Waals surface area contributed by atoms with Crippen molar-refractivity contribution in [1.82, 2.24) is 5.32 Å². The van der Waals surface area contributed by atoms with Gasteiger partial charge in [0.15, 0.2) is 0 Å². The summed E-state index contributed by atoms with van der Waals surface area (Å²) in [7, 11) is 0. The molecule has 0 saturated heterocycles. The number of hydrogen-bond donors (Lipinski definition) is 1. The third kappa shape index (κ3) is 4.14. The van der Waals surface area contributed by atoms with Crippen molar-refractivity contribution in [3.63, 3.8) is 0 Å². The highest BCUT2D eigenvalue weighted by molar-refractivity contribution is 5.25. The van der Waals surface area contributed by atoms with Gasteiger partial charge in [-0.1, -0.05) is 31.2 Å². The first-order valence-electron chi connectivity index (χ1n) is 6.89. The summed E-state index contributed by atoms with van der Waals surface area (Å²) in [5.74, 6) is -0.247. The highest BCUT2D eigenvalue weighted by Gasteiger charge is 2.12. The van der Waals surface area contributed by atoms with E-state index in [2.05, 4.69) is 5.32 Å². The first-order chi connectivity index (χ1) is 9.69. The molecule has 106 valence electrons. The second-order valence-corrected chi connectivity index (χ2v) is 4.89. The molecular formula is C17H19F2N.